The Morgan fingerprint density at radius 3 is 2.38 bits per heavy atom. The van der Waals surface area contributed by atoms with Gasteiger partial charge in [-0.25, -0.2) is 4.79 Å². The molecule has 1 aromatic rings. The van der Waals surface area contributed by atoms with Crippen LogP contribution in [0.4, 0.5) is 0 Å². The molecule has 0 amide bonds. The molecule has 4 fully saturated rings. The maximum Gasteiger partial charge on any atom is 0.339 e. The maximum absolute atomic E-state index is 14.2. The van der Waals surface area contributed by atoms with E-state index in [1.807, 2.05) is 13.8 Å². The number of carbonyl (C=O) groups is 2. The van der Waals surface area contributed by atoms with Crippen molar-refractivity contribution in [1.82, 2.24) is 0 Å². The fraction of sp³-hybridized carbons (Fsp3) is 0.676. The molecule has 0 aromatic heterocycles. The van der Waals surface area contributed by atoms with Crippen LogP contribution in [0.5, 0.6) is 5.75 Å². The van der Waals surface area contributed by atoms with Crippen LogP contribution in [0.2, 0.25) is 10.0 Å². The van der Waals surface area contributed by atoms with E-state index in [1.165, 1.54) is 13.0 Å². The molecule has 0 spiro atoms. The third-order valence-electron chi connectivity index (χ3n) is 12.7. The van der Waals surface area contributed by atoms with Crippen molar-refractivity contribution in [1.29, 1.82) is 0 Å². The molecule has 4 saturated carbocycles. The summed E-state index contributed by atoms with van der Waals surface area (Å²) in [5.74, 6) is -0.364. The van der Waals surface area contributed by atoms with Gasteiger partial charge in [0, 0.05) is 17.5 Å². The Morgan fingerprint density at radius 2 is 1.73 bits per heavy atom. The molecule has 45 heavy (non-hydrogen) atoms. The molecule has 6 nitrogen and oxygen atoms in total. The lowest BCUT2D eigenvalue weighted by Gasteiger charge is -2.69. The number of hydrogen-bond acceptors (Lipinski definition) is 6. The highest BCUT2D eigenvalue weighted by Crippen LogP contribution is 2.74. The number of allylic oxidation sites excluding steroid dienone is 2. The van der Waals surface area contributed by atoms with Crippen LogP contribution >= 0.6 is 23.2 Å². The first-order valence-corrected chi connectivity index (χ1v) is 17.4. The van der Waals surface area contributed by atoms with Crippen molar-refractivity contribution in [3.8, 4) is 5.75 Å². The van der Waals surface area contributed by atoms with Gasteiger partial charge in [0.15, 0.2) is 0 Å². The lowest BCUT2D eigenvalue weighted by molar-refractivity contribution is -0.234. The van der Waals surface area contributed by atoms with Crippen LogP contribution in [0.1, 0.15) is 99.8 Å². The average Bonchev–Trinajstić information content (AvgIpc) is 3.21. The fourth-order valence-electron chi connectivity index (χ4n) is 10.5. The highest BCUT2D eigenvalue weighted by Gasteiger charge is 2.70. The highest BCUT2D eigenvalue weighted by atomic mass is 35.5. The maximum atomic E-state index is 14.2. The molecule has 1 aromatic carbocycles. The van der Waals surface area contributed by atoms with E-state index in [2.05, 4.69) is 33.8 Å². The average molecular weight is 662 g/mol. The van der Waals surface area contributed by atoms with Crippen molar-refractivity contribution < 1.29 is 29.3 Å². The number of rotatable bonds is 6. The SMILES string of the molecule is CC(=O)O[C@H]1C[C@@]2(C)[C@@H](C[C@@H](O)[C@H]3[C@@]4(C)CC[C@@H](O)[C@@H](C)[C@@H]4CC[C@@]32C)/C1=C(\CCC=C(C)C)C(=O)Oc1ccc(Cl)cc1Cl. The lowest BCUT2D eigenvalue weighted by Crippen LogP contribution is -2.65. The van der Waals surface area contributed by atoms with Gasteiger partial charge in [-0.05, 0) is 129 Å². The molecule has 0 unspecified atom stereocenters. The molecule has 2 N–H and O–H groups in total. The molecule has 248 valence electrons. The van der Waals surface area contributed by atoms with Crippen LogP contribution < -0.4 is 4.74 Å². The molecule has 0 saturated heterocycles. The van der Waals surface area contributed by atoms with Gasteiger partial charge in [0.25, 0.3) is 0 Å². The molecule has 8 heteroatoms. The zero-order valence-corrected chi connectivity index (χ0v) is 29.3. The molecule has 0 heterocycles. The summed E-state index contributed by atoms with van der Waals surface area (Å²) >= 11 is 12.5. The topological polar surface area (TPSA) is 93.1 Å². The second-order valence-corrected chi connectivity index (χ2v) is 16.1. The zero-order chi connectivity index (χ0) is 33.1. The fourth-order valence-corrected chi connectivity index (χ4v) is 10.9. The summed E-state index contributed by atoms with van der Waals surface area (Å²) in [6.07, 6.45) is 6.13. The second-order valence-electron chi connectivity index (χ2n) is 15.3. The summed E-state index contributed by atoms with van der Waals surface area (Å²) in [5.41, 5.74) is 1.65. The van der Waals surface area contributed by atoms with Crippen molar-refractivity contribution in [2.75, 3.05) is 0 Å². The van der Waals surface area contributed by atoms with Gasteiger partial charge in [-0.2, -0.15) is 0 Å². The largest absolute Gasteiger partial charge is 0.458 e. The Bertz CT molecular complexity index is 1400. The number of halogens is 2. The van der Waals surface area contributed by atoms with Crippen molar-refractivity contribution in [3.63, 3.8) is 0 Å². The number of benzene rings is 1. The monoisotopic (exact) mass is 660 g/mol. The van der Waals surface area contributed by atoms with E-state index in [-0.39, 0.29) is 50.9 Å². The molecule has 5 rings (SSSR count). The van der Waals surface area contributed by atoms with Crippen molar-refractivity contribution in [3.05, 3.63) is 51.0 Å². The summed E-state index contributed by atoms with van der Waals surface area (Å²) < 4.78 is 12.0. The number of aliphatic hydroxyl groups is 2. The molecule has 4 aliphatic carbocycles. The molecule has 0 aliphatic heterocycles. The number of hydrogen-bond donors (Lipinski definition) is 2. The highest BCUT2D eigenvalue weighted by molar-refractivity contribution is 6.35. The van der Waals surface area contributed by atoms with Crippen LogP contribution in [0.25, 0.3) is 0 Å². The van der Waals surface area contributed by atoms with E-state index in [0.717, 1.165) is 36.8 Å². The number of aliphatic hydroxyl groups excluding tert-OH is 2. The van der Waals surface area contributed by atoms with E-state index < -0.39 is 24.1 Å². The van der Waals surface area contributed by atoms with Crippen molar-refractivity contribution in [2.24, 2.45) is 39.9 Å². The molecular weight excluding hydrogens is 611 g/mol. The Hall–Kier alpha value is -1.86. The van der Waals surface area contributed by atoms with E-state index in [1.54, 1.807) is 12.1 Å². The first kappa shape index (κ1) is 34.5. The van der Waals surface area contributed by atoms with E-state index in [4.69, 9.17) is 32.7 Å². The van der Waals surface area contributed by atoms with E-state index in [9.17, 15) is 19.8 Å². The van der Waals surface area contributed by atoms with Gasteiger partial charge in [0.05, 0.1) is 17.2 Å². The van der Waals surface area contributed by atoms with Gasteiger partial charge in [-0.1, -0.05) is 62.5 Å². The standard InChI is InChI=1S/C37H50Cl2O6/c1-20(2)9-8-10-24(34(43)45-30-12-11-23(38)17-27(30)39)32-26-18-29(42)33-35(5)15-14-28(41)21(3)25(35)13-16-36(33,6)37(26,7)19-31(32)44-22(4)40/h9,11-12,17,21,25-26,28-29,31,33,41-42H,8,10,13-16,18-19H2,1-7H3/b32-24-/t21-,25-,26-,28+,29+,31-,33-,35-,36-,37-/m0/s1. The minimum absolute atomic E-state index is 0.0197. The van der Waals surface area contributed by atoms with E-state index in [0.29, 0.717) is 42.2 Å². The van der Waals surface area contributed by atoms with Gasteiger partial charge >= 0.3 is 11.9 Å². The third-order valence-corrected chi connectivity index (χ3v) is 13.2. The van der Waals surface area contributed by atoms with Crippen LogP contribution in [0, 0.1) is 39.9 Å². The summed E-state index contributed by atoms with van der Waals surface area (Å²) in [7, 11) is 0. The van der Waals surface area contributed by atoms with Crippen LogP contribution in [-0.2, 0) is 14.3 Å². The van der Waals surface area contributed by atoms with Crippen molar-refractivity contribution >= 4 is 35.1 Å². The Labute approximate surface area is 278 Å². The van der Waals surface area contributed by atoms with E-state index >= 15 is 0 Å². The summed E-state index contributed by atoms with van der Waals surface area (Å²) in [5, 5.41) is 23.6. The quantitative estimate of drug-likeness (QED) is 0.138. The number of carbonyl (C=O) groups excluding carboxylic acids is 2. The molecule has 0 radical (unpaired) electrons. The normalized spacial score (nSPS) is 40.0. The Kier molecular flexibility index (Phi) is 9.68. The predicted molar refractivity (Wildman–Crippen MR) is 177 cm³/mol. The Balaban J connectivity index is 1.62. The molecular formula is C37H50Cl2O6. The van der Waals surface area contributed by atoms with Gasteiger partial charge < -0.3 is 19.7 Å². The Morgan fingerprint density at radius 1 is 1.02 bits per heavy atom. The van der Waals surface area contributed by atoms with Crippen LogP contribution in [-0.4, -0.2) is 40.5 Å². The van der Waals surface area contributed by atoms with Crippen molar-refractivity contribution in [2.45, 2.75) is 118 Å². The smallest absolute Gasteiger partial charge is 0.339 e. The zero-order valence-electron chi connectivity index (χ0n) is 27.8. The second kappa shape index (κ2) is 12.6. The van der Waals surface area contributed by atoms with Gasteiger partial charge in [0.1, 0.15) is 11.9 Å². The number of fused-ring (bicyclic) bond motifs is 5. The summed E-state index contributed by atoms with van der Waals surface area (Å²) in [6, 6.07) is 4.75. The first-order chi connectivity index (χ1) is 21.0. The van der Waals surface area contributed by atoms with Gasteiger partial charge in [-0.3, -0.25) is 4.79 Å². The lowest BCUT2D eigenvalue weighted by atomic mass is 9.36. The minimum Gasteiger partial charge on any atom is -0.458 e. The number of ether oxygens (including phenoxy) is 2. The van der Waals surface area contributed by atoms with Crippen LogP contribution in [0.15, 0.2) is 41.0 Å². The summed E-state index contributed by atoms with van der Waals surface area (Å²) in [4.78, 5) is 26.7. The van der Waals surface area contributed by atoms with Crippen LogP contribution in [0.3, 0.4) is 0 Å². The first-order valence-electron chi connectivity index (χ1n) is 16.6. The van der Waals surface area contributed by atoms with Gasteiger partial charge in [0.2, 0.25) is 0 Å². The number of esters is 2. The molecule has 4 aliphatic rings. The molecule has 0 bridgehead atoms. The predicted octanol–water partition coefficient (Wildman–Crippen LogP) is 8.49. The molecule has 10 atom stereocenters. The third kappa shape index (κ3) is 5.91. The minimum atomic E-state index is -0.604. The van der Waals surface area contributed by atoms with Gasteiger partial charge in [-0.15, -0.1) is 0 Å². The summed E-state index contributed by atoms with van der Waals surface area (Å²) in [6.45, 7) is 14.6.